The molecule has 2 unspecified atom stereocenters. The topological polar surface area (TPSA) is 66.4 Å². The Morgan fingerprint density at radius 1 is 1.47 bits per heavy atom. The van der Waals surface area contributed by atoms with Crippen molar-refractivity contribution >= 4 is 11.9 Å². The summed E-state index contributed by atoms with van der Waals surface area (Å²) in [5.74, 6) is -0.481. The molecule has 4 heteroatoms. The molecule has 0 aromatic heterocycles. The van der Waals surface area contributed by atoms with Gasteiger partial charge in [-0.25, -0.2) is 0 Å². The first-order chi connectivity index (χ1) is 6.86. The van der Waals surface area contributed by atoms with Crippen molar-refractivity contribution in [2.45, 2.75) is 46.1 Å². The summed E-state index contributed by atoms with van der Waals surface area (Å²) >= 11 is 0. The minimum absolute atomic E-state index is 0.0509. The fourth-order valence-corrected chi connectivity index (χ4v) is 1.61. The zero-order valence-electron chi connectivity index (χ0n) is 9.54. The van der Waals surface area contributed by atoms with Crippen molar-refractivity contribution < 1.29 is 14.7 Å². The lowest BCUT2D eigenvalue weighted by Gasteiger charge is -2.18. The molecule has 1 rings (SSSR count). The maximum absolute atomic E-state index is 11.5. The predicted molar refractivity (Wildman–Crippen MR) is 56.4 cm³/mol. The predicted octanol–water partition coefficient (Wildman–Crippen LogP) is 1.40. The largest absolute Gasteiger partial charge is 0.481 e. The molecule has 2 atom stereocenters. The lowest BCUT2D eigenvalue weighted by atomic mass is 9.89. The molecule has 1 fully saturated rings. The van der Waals surface area contributed by atoms with E-state index in [9.17, 15) is 9.59 Å². The van der Waals surface area contributed by atoms with Gasteiger partial charge in [-0.15, -0.1) is 0 Å². The Hall–Kier alpha value is -1.06. The van der Waals surface area contributed by atoms with Crippen LogP contribution in [-0.2, 0) is 9.59 Å². The van der Waals surface area contributed by atoms with Gasteiger partial charge in [0.05, 0.1) is 5.41 Å². The fraction of sp³-hybridized carbons (Fsp3) is 0.818. The average molecular weight is 213 g/mol. The third kappa shape index (κ3) is 3.22. The highest BCUT2D eigenvalue weighted by Crippen LogP contribution is 2.33. The number of carbonyl (C=O) groups excluding carboxylic acids is 1. The third-order valence-corrected chi connectivity index (χ3v) is 2.97. The van der Waals surface area contributed by atoms with Gasteiger partial charge in [0.2, 0.25) is 5.91 Å². The quantitative estimate of drug-likeness (QED) is 0.725. The summed E-state index contributed by atoms with van der Waals surface area (Å²) in [4.78, 5) is 22.3. The van der Waals surface area contributed by atoms with Crippen molar-refractivity contribution in [2.75, 3.05) is 0 Å². The normalized spacial score (nSPS) is 24.7. The Kier molecular flexibility index (Phi) is 3.37. The number of nitrogens with one attached hydrogen (secondary N) is 1. The average Bonchev–Trinajstić information content (AvgIpc) is 2.81. The molecular formula is C11H19NO3. The number of rotatable bonds is 5. The lowest BCUT2D eigenvalue weighted by molar-refractivity contribution is -0.149. The number of hydrogen-bond donors (Lipinski definition) is 2. The van der Waals surface area contributed by atoms with Crippen LogP contribution in [-0.4, -0.2) is 23.0 Å². The van der Waals surface area contributed by atoms with E-state index in [1.165, 1.54) is 0 Å². The van der Waals surface area contributed by atoms with Gasteiger partial charge in [0, 0.05) is 12.5 Å². The van der Waals surface area contributed by atoms with Crippen LogP contribution in [0.4, 0.5) is 0 Å². The maximum Gasteiger partial charge on any atom is 0.309 e. The Labute approximate surface area is 90.0 Å². The Bertz CT molecular complexity index is 273. The van der Waals surface area contributed by atoms with E-state index >= 15 is 0 Å². The first-order valence-corrected chi connectivity index (χ1v) is 5.39. The van der Waals surface area contributed by atoms with Crippen LogP contribution in [0.25, 0.3) is 0 Å². The molecule has 0 aromatic rings. The summed E-state index contributed by atoms with van der Waals surface area (Å²) in [6.45, 7) is 5.23. The van der Waals surface area contributed by atoms with Gasteiger partial charge in [-0.2, -0.15) is 0 Å². The van der Waals surface area contributed by atoms with Gasteiger partial charge in [-0.1, -0.05) is 13.3 Å². The third-order valence-electron chi connectivity index (χ3n) is 2.97. The van der Waals surface area contributed by atoms with Crippen molar-refractivity contribution in [3.05, 3.63) is 0 Å². The number of hydrogen-bond acceptors (Lipinski definition) is 2. The molecule has 0 heterocycles. The lowest BCUT2D eigenvalue weighted by Crippen LogP contribution is -2.34. The van der Waals surface area contributed by atoms with Gasteiger partial charge in [-0.05, 0) is 26.2 Å². The van der Waals surface area contributed by atoms with Gasteiger partial charge < -0.3 is 10.4 Å². The monoisotopic (exact) mass is 213 g/mol. The number of aliphatic carboxylic acids is 1. The van der Waals surface area contributed by atoms with E-state index in [0.29, 0.717) is 5.92 Å². The van der Waals surface area contributed by atoms with Crippen LogP contribution in [0.15, 0.2) is 0 Å². The Balaban J connectivity index is 2.34. The van der Waals surface area contributed by atoms with Gasteiger partial charge in [0.1, 0.15) is 0 Å². The summed E-state index contributed by atoms with van der Waals surface area (Å²) in [5, 5.41) is 11.7. The van der Waals surface area contributed by atoms with Crippen LogP contribution >= 0.6 is 0 Å². The second kappa shape index (κ2) is 4.21. The molecule has 0 spiro atoms. The molecule has 86 valence electrons. The van der Waals surface area contributed by atoms with E-state index in [4.69, 9.17) is 5.11 Å². The van der Waals surface area contributed by atoms with E-state index in [1.807, 2.05) is 0 Å². The van der Waals surface area contributed by atoms with Crippen molar-refractivity contribution in [1.29, 1.82) is 0 Å². The van der Waals surface area contributed by atoms with E-state index in [2.05, 4.69) is 12.2 Å². The second-order valence-electron chi connectivity index (χ2n) is 4.94. The zero-order chi connectivity index (χ0) is 11.6. The van der Waals surface area contributed by atoms with Crippen molar-refractivity contribution in [3.63, 3.8) is 0 Å². The minimum atomic E-state index is -0.972. The second-order valence-corrected chi connectivity index (χ2v) is 4.94. The molecule has 1 amide bonds. The van der Waals surface area contributed by atoms with Crippen LogP contribution in [0, 0.1) is 11.3 Å². The highest BCUT2D eigenvalue weighted by atomic mass is 16.4. The van der Waals surface area contributed by atoms with Gasteiger partial charge in [-0.3, -0.25) is 9.59 Å². The Morgan fingerprint density at radius 3 is 2.47 bits per heavy atom. The van der Waals surface area contributed by atoms with Crippen LogP contribution < -0.4 is 5.32 Å². The molecule has 15 heavy (non-hydrogen) atoms. The Morgan fingerprint density at radius 2 is 2.07 bits per heavy atom. The van der Waals surface area contributed by atoms with Crippen LogP contribution in [0.3, 0.4) is 0 Å². The number of carboxylic acids is 1. The highest BCUT2D eigenvalue weighted by molar-refractivity contribution is 5.84. The molecule has 1 aliphatic carbocycles. The molecule has 0 radical (unpaired) electrons. The van der Waals surface area contributed by atoms with Crippen LogP contribution in [0.5, 0.6) is 0 Å². The van der Waals surface area contributed by atoms with E-state index < -0.39 is 11.4 Å². The molecule has 0 aliphatic heterocycles. The number of amides is 1. The molecule has 1 saturated carbocycles. The number of carboxylic acid groups (broad SMARTS) is 1. The molecule has 0 saturated heterocycles. The molecule has 4 nitrogen and oxygen atoms in total. The highest BCUT2D eigenvalue weighted by Gasteiger charge is 2.38. The zero-order valence-corrected chi connectivity index (χ0v) is 9.54. The first kappa shape index (κ1) is 12.0. The van der Waals surface area contributed by atoms with Crippen LogP contribution in [0.2, 0.25) is 0 Å². The molecule has 0 bridgehead atoms. The van der Waals surface area contributed by atoms with Crippen molar-refractivity contribution in [3.8, 4) is 0 Å². The van der Waals surface area contributed by atoms with Gasteiger partial charge in [0.15, 0.2) is 0 Å². The first-order valence-electron chi connectivity index (χ1n) is 5.39. The van der Waals surface area contributed by atoms with E-state index in [0.717, 1.165) is 12.8 Å². The summed E-state index contributed by atoms with van der Waals surface area (Å²) in [5.41, 5.74) is -0.972. The number of carbonyl (C=O) groups is 2. The van der Waals surface area contributed by atoms with Gasteiger partial charge >= 0.3 is 5.97 Å². The summed E-state index contributed by atoms with van der Waals surface area (Å²) in [7, 11) is 0. The van der Waals surface area contributed by atoms with Crippen molar-refractivity contribution in [2.24, 2.45) is 11.3 Å². The molecule has 1 aliphatic rings. The molecular weight excluding hydrogens is 194 g/mol. The fourth-order valence-electron chi connectivity index (χ4n) is 1.61. The van der Waals surface area contributed by atoms with Crippen LogP contribution in [0.1, 0.15) is 40.0 Å². The van der Waals surface area contributed by atoms with E-state index in [1.54, 1.807) is 13.8 Å². The summed E-state index contributed by atoms with van der Waals surface area (Å²) in [6.07, 6.45) is 2.16. The summed E-state index contributed by atoms with van der Waals surface area (Å²) < 4.78 is 0. The van der Waals surface area contributed by atoms with E-state index in [-0.39, 0.29) is 18.4 Å². The molecule has 2 N–H and O–H groups in total. The standard InChI is InChI=1S/C11H19NO3/c1-4-7-5-8(7)12-9(13)6-11(2,3)10(14)15/h7-8H,4-6H2,1-3H3,(H,12,13)(H,14,15). The summed E-state index contributed by atoms with van der Waals surface area (Å²) in [6, 6.07) is 0.284. The van der Waals surface area contributed by atoms with Gasteiger partial charge in [0.25, 0.3) is 0 Å². The SMILES string of the molecule is CCC1CC1NC(=O)CC(C)(C)C(=O)O. The van der Waals surface area contributed by atoms with Crippen molar-refractivity contribution in [1.82, 2.24) is 5.32 Å². The maximum atomic E-state index is 11.5. The smallest absolute Gasteiger partial charge is 0.309 e. The minimum Gasteiger partial charge on any atom is -0.481 e. The molecule has 0 aromatic carbocycles.